The Labute approximate surface area is 119 Å². The average molecular weight is 291 g/mol. The van der Waals surface area contributed by atoms with E-state index in [4.69, 9.17) is 5.73 Å². The third-order valence-electron chi connectivity index (χ3n) is 3.41. The van der Waals surface area contributed by atoms with Gasteiger partial charge in [0.15, 0.2) is 23.4 Å². The van der Waals surface area contributed by atoms with Crippen molar-refractivity contribution in [1.82, 2.24) is 0 Å². The molecule has 0 aliphatic carbocycles. The van der Waals surface area contributed by atoms with E-state index < -0.39 is 23.5 Å². The molecule has 3 rings (SSSR count). The summed E-state index contributed by atoms with van der Waals surface area (Å²) in [4.78, 5) is 5.79. The van der Waals surface area contributed by atoms with Crippen molar-refractivity contribution in [2.24, 2.45) is 10.7 Å². The Kier molecular flexibility index (Phi) is 3.29. The molecule has 108 valence electrons. The second kappa shape index (κ2) is 5.12. The van der Waals surface area contributed by atoms with Gasteiger partial charge in [-0.1, -0.05) is 18.2 Å². The van der Waals surface area contributed by atoms with Gasteiger partial charge >= 0.3 is 0 Å². The van der Waals surface area contributed by atoms with Crippen LogP contribution in [-0.4, -0.2) is 12.5 Å². The number of halogens is 3. The monoisotopic (exact) mass is 291 g/mol. The molecular formula is C15H12F3N3. The highest BCUT2D eigenvalue weighted by molar-refractivity contribution is 5.97. The molecule has 0 saturated heterocycles. The minimum absolute atomic E-state index is 0.255. The van der Waals surface area contributed by atoms with Crippen LogP contribution in [0.25, 0.3) is 0 Å². The SMILES string of the molecule is NC1=NCC(c2cc(F)c(F)c(F)c2)N1c1ccccc1. The number of anilines is 1. The van der Waals surface area contributed by atoms with Gasteiger partial charge in [-0.25, -0.2) is 13.2 Å². The maximum Gasteiger partial charge on any atom is 0.196 e. The van der Waals surface area contributed by atoms with Crippen molar-refractivity contribution in [3.8, 4) is 0 Å². The van der Waals surface area contributed by atoms with E-state index in [9.17, 15) is 13.2 Å². The quantitative estimate of drug-likeness (QED) is 0.864. The molecule has 2 aromatic carbocycles. The predicted molar refractivity (Wildman–Crippen MR) is 74.5 cm³/mol. The molecule has 2 aromatic rings. The summed E-state index contributed by atoms with van der Waals surface area (Å²) in [6.07, 6.45) is 0. The second-order valence-electron chi connectivity index (χ2n) is 4.72. The minimum Gasteiger partial charge on any atom is -0.369 e. The lowest BCUT2D eigenvalue weighted by molar-refractivity contribution is 0.444. The van der Waals surface area contributed by atoms with E-state index in [2.05, 4.69) is 4.99 Å². The third-order valence-corrected chi connectivity index (χ3v) is 3.41. The minimum atomic E-state index is -1.48. The van der Waals surface area contributed by atoms with Crippen molar-refractivity contribution in [3.05, 3.63) is 65.5 Å². The summed E-state index contributed by atoms with van der Waals surface area (Å²) >= 11 is 0. The van der Waals surface area contributed by atoms with Crippen LogP contribution in [0.5, 0.6) is 0 Å². The highest BCUT2D eigenvalue weighted by Crippen LogP contribution is 2.32. The van der Waals surface area contributed by atoms with Crippen LogP contribution in [0.4, 0.5) is 18.9 Å². The number of guanidine groups is 1. The van der Waals surface area contributed by atoms with Gasteiger partial charge in [0.2, 0.25) is 0 Å². The van der Waals surface area contributed by atoms with Crippen LogP contribution in [0.1, 0.15) is 11.6 Å². The number of benzene rings is 2. The molecule has 0 amide bonds. The van der Waals surface area contributed by atoms with Crippen LogP contribution in [0.2, 0.25) is 0 Å². The normalized spacial score (nSPS) is 18.0. The van der Waals surface area contributed by atoms with Crippen molar-refractivity contribution in [2.45, 2.75) is 6.04 Å². The molecule has 1 atom stereocenters. The van der Waals surface area contributed by atoms with Crippen molar-refractivity contribution in [2.75, 3.05) is 11.4 Å². The van der Waals surface area contributed by atoms with Gasteiger partial charge in [-0.2, -0.15) is 0 Å². The van der Waals surface area contributed by atoms with Gasteiger partial charge < -0.3 is 10.6 Å². The van der Waals surface area contributed by atoms with E-state index >= 15 is 0 Å². The molecule has 1 aliphatic heterocycles. The number of para-hydroxylation sites is 1. The molecule has 1 heterocycles. The Balaban J connectivity index is 2.03. The molecule has 1 unspecified atom stereocenters. The summed E-state index contributed by atoms with van der Waals surface area (Å²) in [5.41, 5.74) is 6.91. The maximum atomic E-state index is 13.4. The van der Waals surface area contributed by atoms with Gasteiger partial charge in [0.05, 0.1) is 12.6 Å². The summed E-state index contributed by atoms with van der Waals surface area (Å²) < 4.78 is 39.9. The van der Waals surface area contributed by atoms with Crippen molar-refractivity contribution in [3.63, 3.8) is 0 Å². The van der Waals surface area contributed by atoms with Crippen LogP contribution in [-0.2, 0) is 0 Å². The molecule has 0 radical (unpaired) electrons. The molecule has 0 aromatic heterocycles. The molecule has 0 fully saturated rings. The van der Waals surface area contributed by atoms with Crippen LogP contribution in [0, 0.1) is 17.5 Å². The molecular weight excluding hydrogens is 279 g/mol. The third kappa shape index (κ3) is 2.33. The molecule has 0 spiro atoms. The fourth-order valence-corrected chi connectivity index (χ4v) is 2.42. The Morgan fingerprint density at radius 1 is 1.05 bits per heavy atom. The summed E-state index contributed by atoms with van der Waals surface area (Å²) in [5, 5.41) is 0. The standard InChI is InChI=1S/C15H12F3N3/c16-11-6-9(7-12(17)14(11)18)13-8-20-15(19)21(13)10-4-2-1-3-5-10/h1-7,13H,8H2,(H2,19,20). The number of rotatable bonds is 2. The Morgan fingerprint density at radius 2 is 1.67 bits per heavy atom. The molecule has 2 N–H and O–H groups in total. The lowest BCUT2D eigenvalue weighted by Gasteiger charge is -2.26. The summed E-state index contributed by atoms with van der Waals surface area (Å²) in [5.74, 6) is -3.65. The van der Waals surface area contributed by atoms with Gasteiger partial charge in [-0.3, -0.25) is 4.99 Å². The average Bonchev–Trinajstić information content (AvgIpc) is 2.87. The van der Waals surface area contributed by atoms with Crippen molar-refractivity contribution >= 4 is 11.6 Å². The molecule has 0 saturated carbocycles. The van der Waals surface area contributed by atoms with Crippen LogP contribution in [0.3, 0.4) is 0 Å². The fourth-order valence-electron chi connectivity index (χ4n) is 2.42. The van der Waals surface area contributed by atoms with E-state index in [0.717, 1.165) is 17.8 Å². The fraction of sp³-hybridized carbons (Fsp3) is 0.133. The molecule has 3 nitrogen and oxygen atoms in total. The van der Waals surface area contributed by atoms with Gasteiger partial charge in [0.25, 0.3) is 0 Å². The van der Waals surface area contributed by atoms with E-state index in [1.165, 1.54) is 0 Å². The Hall–Kier alpha value is -2.50. The molecule has 21 heavy (non-hydrogen) atoms. The Bertz CT molecular complexity index is 678. The van der Waals surface area contributed by atoms with Crippen LogP contribution >= 0.6 is 0 Å². The first-order chi connectivity index (χ1) is 10.1. The number of aliphatic imine (C=N–C) groups is 1. The van der Waals surface area contributed by atoms with E-state index in [1.807, 2.05) is 30.3 Å². The Morgan fingerprint density at radius 3 is 2.29 bits per heavy atom. The molecule has 0 bridgehead atoms. The first kappa shape index (κ1) is 13.5. The zero-order chi connectivity index (χ0) is 15.0. The molecule has 1 aliphatic rings. The van der Waals surface area contributed by atoms with Crippen LogP contribution < -0.4 is 10.6 Å². The number of nitrogens with two attached hydrogens (primary N) is 1. The molecule has 6 heteroatoms. The zero-order valence-corrected chi connectivity index (χ0v) is 10.9. The maximum absolute atomic E-state index is 13.4. The van der Waals surface area contributed by atoms with Gasteiger partial charge in [-0.15, -0.1) is 0 Å². The van der Waals surface area contributed by atoms with Gasteiger partial charge in [0, 0.05) is 5.69 Å². The number of nitrogens with zero attached hydrogens (tertiary/aromatic N) is 2. The van der Waals surface area contributed by atoms with Crippen molar-refractivity contribution in [1.29, 1.82) is 0 Å². The van der Waals surface area contributed by atoms with Crippen molar-refractivity contribution < 1.29 is 13.2 Å². The van der Waals surface area contributed by atoms with E-state index in [1.54, 1.807) is 4.90 Å². The van der Waals surface area contributed by atoms with E-state index in [-0.39, 0.29) is 12.5 Å². The summed E-state index contributed by atoms with van der Waals surface area (Å²) in [6, 6.07) is 10.6. The van der Waals surface area contributed by atoms with Gasteiger partial charge in [0.1, 0.15) is 0 Å². The number of hydrogen-bond donors (Lipinski definition) is 1. The summed E-state index contributed by atoms with van der Waals surface area (Å²) in [7, 11) is 0. The van der Waals surface area contributed by atoms with E-state index in [0.29, 0.717) is 5.56 Å². The highest BCUT2D eigenvalue weighted by Gasteiger charge is 2.30. The predicted octanol–water partition coefficient (Wildman–Crippen LogP) is 2.98. The smallest absolute Gasteiger partial charge is 0.196 e. The lowest BCUT2D eigenvalue weighted by Crippen LogP contribution is -2.36. The second-order valence-corrected chi connectivity index (χ2v) is 4.72. The first-order valence-corrected chi connectivity index (χ1v) is 6.36. The first-order valence-electron chi connectivity index (χ1n) is 6.36. The van der Waals surface area contributed by atoms with Crippen LogP contribution in [0.15, 0.2) is 47.5 Å². The lowest BCUT2D eigenvalue weighted by atomic mass is 10.0. The van der Waals surface area contributed by atoms with Gasteiger partial charge in [-0.05, 0) is 29.8 Å². The zero-order valence-electron chi connectivity index (χ0n) is 10.9. The number of hydrogen-bond acceptors (Lipinski definition) is 3. The largest absolute Gasteiger partial charge is 0.369 e. The topological polar surface area (TPSA) is 41.6 Å². The highest BCUT2D eigenvalue weighted by atomic mass is 19.2. The summed E-state index contributed by atoms with van der Waals surface area (Å²) in [6.45, 7) is 0.255.